The van der Waals surface area contributed by atoms with Crippen LogP contribution >= 0.6 is 0 Å². The summed E-state index contributed by atoms with van der Waals surface area (Å²) in [5.74, 6) is 1.04. The number of benzene rings is 2. The van der Waals surface area contributed by atoms with Crippen molar-refractivity contribution in [2.45, 2.75) is 13.3 Å². The summed E-state index contributed by atoms with van der Waals surface area (Å²) < 4.78 is 11.2. The second kappa shape index (κ2) is 11.8. The zero-order chi connectivity index (χ0) is 25.3. The molecule has 1 saturated heterocycles. The molecule has 10 nitrogen and oxygen atoms in total. The lowest BCUT2D eigenvalue weighted by Crippen LogP contribution is -2.43. The first kappa shape index (κ1) is 24.7. The van der Waals surface area contributed by atoms with Crippen molar-refractivity contribution in [3.63, 3.8) is 0 Å². The monoisotopic (exact) mass is 489 g/mol. The van der Waals surface area contributed by atoms with Gasteiger partial charge in [0.25, 0.3) is 0 Å². The van der Waals surface area contributed by atoms with Gasteiger partial charge in [0, 0.05) is 31.0 Å². The lowest BCUT2D eigenvalue weighted by molar-refractivity contribution is -0.119. The Morgan fingerprint density at radius 1 is 1.00 bits per heavy atom. The van der Waals surface area contributed by atoms with Crippen LogP contribution in [-0.2, 0) is 16.0 Å². The molecule has 2 heterocycles. The number of aryl methyl sites for hydroxylation is 1. The summed E-state index contributed by atoms with van der Waals surface area (Å²) in [5.41, 5.74) is 2.09. The number of aromatic nitrogens is 1. The van der Waals surface area contributed by atoms with Crippen LogP contribution in [0.4, 0.5) is 21.1 Å². The van der Waals surface area contributed by atoms with Gasteiger partial charge in [0.2, 0.25) is 5.91 Å². The number of urea groups is 2. The first-order valence-electron chi connectivity index (χ1n) is 11.5. The molecule has 0 radical (unpaired) electrons. The fourth-order valence-electron chi connectivity index (χ4n) is 3.58. The highest BCUT2D eigenvalue weighted by molar-refractivity contribution is 6.01. The SMILES string of the molecule is Cc1cc(NC(=O)NC(=O)Cc2ccccc2)ccc1Oc1ccnc(NC(=O)N2CCOCC2)c1. The number of nitrogens with one attached hydrogen (secondary N) is 3. The summed E-state index contributed by atoms with van der Waals surface area (Å²) in [6.45, 7) is 3.92. The third-order valence-electron chi connectivity index (χ3n) is 5.39. The Labute approximate surface area is 208 Å². The number of anilines is 2. The zero-order valence-electron chi connectivity index (χ0n) is 19.8. The van der Waals surface area contributed by atoms with E-state index in [1.807, 2.05) is 37.3 Å². The minimum absolute atomic E-state index is 0.112. The summed E-state index contributed by atoms with van der Waals surface area (Å²) >= 11 is 0. The molecule has 36 heavy (non-hydrogen) atoms. The minimum atomic E-state index is -0.612. The number of nitrogens with zero attached hydrogens (tertiary/aromatic N) is 2. The van der Waals surface area contributed by atoms with Crippen LogP contribution in [-0.4, -0.2) is 54.2 Å². The number of amides is 5. The topological polar surface area (TPSA) is 122 Å². The number of morpholine rings is 1. The van der Waals surface area contributed by atoms with Crippen LogP contribution in [0.2, 0.25) is 0 Å². The summed E-state index contributed by atoms with van der Waals surface area (Å²) in [6, 6.07) is 16.8. The number of carbonyl (C=O) groups is 3. The van der Waals surface area contributed by atoms with Gasteiger partial charge < -0.3 is 19.7 Å². The first-order chi connectivity index (χ1) is 17.5. The molecule has 3 aromatic rings. The fourth-order valence-corrected chi connectivity index (χ4v) is 3.58. The van der Waals surface area contributed by atoms with E-state index < -0.39 is 11.9 Å². The second-order valence-electron chi connectivity index (χ2n) is 8.15. The predicted octanol–water partition coefficient (Wildman–Crippen LogP) is 3.94. The van der Waals surface area contributed by atoms with E-state index in [2.05, 4.69) is 20.9 Å². The lowest BCUT2D eigenvalue weighted by Gasteiger charge is -2.26. The molecule has 0 aliphatic carbocycles. The van der Waals surface area contributed by atoms with E-state index in [4.69, 9.17) is 9.47 Å². The molecule has 2 aromatic carbocycles. The maximum absolute atomic E-state index is 12.4. The Balaban J connectivity index is 1.31. The van der Waals surface area contributed by atoms with Crippen LogP contribution in [0.25, 0.3) is 0 Å². The van der Waals surface area contributed by atoms with Crippen LogP contribution in [0.5, 0.6) is 11.5 Å². The standard InChI is InChI=1S/C26H27N5O5/c1-18-15-20(28-25(33)30-24(32)16-19-5-3-2-4-6-19)7-8-22(18)36-21-9-10-27-23(17-21)29-26(34)31-11-13-35-14-12-31/h2-10,15,17H,11-14,16H2,1H3,(H,27,29,34)(H2,28,30,32,33). The number of hydrogen-bond acceptors (Lipinski definition) is 6. The highest BCUT2D eigenvalue weighted by atomic mass is 16.5. The van der Waals surface area contributed by atoms with Crippen molar-refractivity contribution in [2.24, 2.45) is 0 Å². The van der Waals surface area contributed by atoms with Gasteiger partial charge >= 0.3 is 12.1 Å². The van der Waals surface area contributed by atoms with E-state index >= 15 is 0 Å². The van der Waals surface area contributed by atoms with E-state index in [0.717, 1.165) is 11.1 Å². The predicted molar refractivity (Wildman–Crippen MR) is 134 cm³/mol. The second-order valence-corrected chi connectivity index (χ2v) is 8.15. The average molecular weight is 490 g/mol. The minimum Gasteiger partial charge on any atom is -0.457 e. The molecule has 5 amide bonds. The Morgan fingerprint density at radius 3 is 2.53 bits per heavy atom. The number of rotatable bonds is 6. The van der Waals surface area contributed by atoms with Crippen molar-refractivity contribution in [1.29, 1.82) is 0 Å². The molecule has 1 aromatic heterocycles. The largest absolute Gasteiger partial charge is 0.457 e. The van der Waals surface area contributed by atoms with E-state index in [9.17, 15) is 14.4 Å². The van der Waals surface area contributed by atoms with Crippen molar-refractivity contribution in [2.75, 3.05) is 36.9 Å². The Morgan fingerprint density at radius 2 is 1.78 bits per heavy atom. The van der Waals surface area contributed by atoms with Crippen LogP contribution in [0, 0.1) is 6.92 Å². The third-order valence-corrected chi connectivity index (χ3v) is 5.39. The summed E-state index contributed by atoms with van der Waals surface area (Å²) in [4.78, 5) is 42.5. The van der Waals surface area contributed by atoms with Gasteiger partial charge in [0.15, 0.2) is 0 Å². The molecule has 10 heteroatoms. The third kappa shape index (κ3) is 7.03. The highest BCUT2D eigenvalue weighted by Crippen LogP contribution is 2.28. The molecule has 0 spiro atoms. The quantitative estimate of drug-likeness (QED) is 0.482. The van der Waals surface area contributed by atoms with Gasteiger partial charge in [0.1, 0.15) is 17.3 Å². The zero-order valence-corrected chi connectivity index (χ0v) is 19.8. The van der Waals surface area contributed by atoms with Crippen molar-refractivity contribution < 1.29 is 23.9 Å². The molecule has 1 aliphatic heterocycles. The smallest absolute Gasteiger partial charge is 0.325 e. The summed E-state index contributed by atoms with van der Waals surface area (Å²) in [7, 11) is 0. The lowest BCUT2D eigenvalue weighted by atomic mass is 10.1. The van der Waals surface area contributed by atoms with E-state index in [1.54, 1.807) is 41.4 Å². The maximum Gasteiger partial charge on any atom is 0.325 e. The van der Waals surface area contributed by atoms with Gasteiger partial charge in [0.05, 0.1) is 19.6 Å². The van der Waals surface area contributed by atoms with Gasteiger partial charge in [-0.2, -0.15) is 0 Å². The molecule has 0 atom stereocenters. The van der Waals surface area contributed by atoms with Crippen molar-refractivity contribution in [3.8, 4) is 11.5 Å². The van der Waals surface area contributed by atoms with Crippen LogP contribution in [0.1, 0.15) is 11.1 Å². The number of pyridine rings is 1. The Kier molecular flexibility index (Phi) is 8.09. The van der Waals surface area contributed by atoms with Gasteiger partial charge in [-0.1, -0.05) is 30.3 Å². The first-order valence-corrected chi connectivity index (χ1v) is 11.5. The van der Waals surface area contributed by atoms with Gasteiger partial charge in [-0.15, -0.1) is 0 Å². The number of hydrogen-bond donors (Lipinski definition) is 3. The van der Waals surface area contributed by atoms with E-state index in [1.165, 1.54) is 0 Å². The van der Waals surface area contributed by atoms with Crippen LogP contribution in [0.15, 0.2) is 66.9 Å². The van der Waals surface area contributed by atoms with Crippen molar-refractivity contribution >= 4 is 29.5 Å². The fraction of sp³-hybridized carbons (Fsp3) is 0.231. The van der Waals surface area contributed by atoms with Gasteiger partial charge in [-0.3, -0.25) is 15.4 Å². The summed E-state index contributed by atoms with van der Waals surface area (Å²) in [6.07, 6.45) is 1.66. The van der Waals surface area contributed by atoms with E-state index in [-0.39, 0.29) is 12.5 Å². The molecule has 1 fully saturated rings. The normalized spacial score (nSPS) is 13.0. The summed E-state index contributed by atoms with van der Waals surface area (Å²) in [5, 5.41) is 7.75. The highest BCUT2D eigenvalue weighted by Gasteiger charge is 2.17. The molecule has 0 unspecified atom stereocenters. The Hall–Kier alpha value is -4.44. The van der Waals surface area contributed by atoms with Gasteiger partial charge in [-0.05, 0) is 42.3 Å². The van der Waals surface area contributed by atoms with E-state index in [0.29, 0.717) is 49.3 Å². The molecular weight excluding hydrogens is 462 g/mol. The average Bonchev–Trinajstić information content (AvgIpc) is 2.87. The number of carbonyl (C=O) groups excluding carboxylic acids is 3. The molecule has 186 valence electrons. The number of imide groups is 1. The van der Waals surface area contributed by atoms with Crippen LogP contribution in [0.3, 0.4) is 0 Å². The maximum atomic E-state index is 12.4. The van der Waals surface area contributed by atoms with Crippen molar-refractivity contribution in [1.82, 2.24) is 15.2 Å². The van der Waals surface area contributed by atoms with Crippen molar-refractivity contribution in [3.05, 3.63) is 78.0 Å². The Bertz CT molecular complexity index is 1230. The van der Waals surface area contributed by atoms with Crippen LogP contribution < -0.4 is 20.7 Å². The van der Waals surface area contributed by atoms with Gasteiger partial charge in [-0.25, -0.2) is 14.6 Å². The molecular formula is C26H27N5O5. The molecule has 0 saturated carbocycles. The number of ether oxygens (including phenoxy) is 2. The molecule has 0 bridgehead atoms. The molecule has 1 aliphatic rings. The molecule has 4 rings (SSSR count). The molecule has 3 N–H and O–H groups in total.